The largest absolute Gasteiger partial charge is 0.356 e. The molecular formula is C10H20BrNO. The van der Waals surface area contributed by atoms with E-state index in [0.717, 1.165) is 18.3 Å². The van der Waals surface area contributed by atoms with Crippen LogP contribution in [0.2, 0.25) is 0 Å². The molecule has 0 fully saturated rings. The lowest BCUT2D eigenvalue weighted by molar-refractivity contribution is -0.121. The van der Waals surface area contributed by atoms with E-state index in [1.54, 1.807) is 0 Å². The van der Waals surface area contributed by atoms with Crippen LogP contribution in [-0.2, 0) is 4.79 Å². The molecule has 0 saturated heterocycles. The third-order valence-electron chi connectivity index (χ3n) is 1.84. The van der Waals surface area contributed by atoms with E-state index in [9.17, 15) is 4.79 Å². The fourth-order valence-electron chi connectivity index (χ4n) is 1.02. The monoisotopic (exact) mass is 249 g/mol. The first-order valence-electron chi connectivity index (χ1n) is 4.89. The molecule has 3 heteroatoms. The van der Waals surface area contributed by atoms with E-state index in [-0.39, 0.29) is 5.91 Å². The summed E-state index contributed by atoms with van der Waals surface area (Å²) in [6.07, 6.45) is 1.75. The molecule has 0 aromatic carbocycles. The highest BCUT2D eigenvalue weighted by molar-refractivity contribution is 9.09. The van der Waals surface area contributed by atoms with E-state index < -0.39 is 0 Å². The summed E-state index contributed by atoms with van der Waals surface area (Å²) < 4.78 is 0. The minimum atomic E-state index is 0.177. The van der Waals surface area contributed by atoms with Gasteiger partial charge in [-0.2, -0.15) is 0 Å². The van der Waals surface area contributed by atoms with E-state index in [4.69, 9.17) is 0 Å². The molecule has 0 aromatic rings. The molecule has 1 unspecified atom stereocenters. The Kier molecular flexibility index (Phi) is 7.33. The summed E-state index contributed by atoms with van der Waals surface area (Å²) in [5.74, 6) is 1.19. The van der Waals surface area contributed by atoms with Crippen molar-refractivity contribution in [1.29, 1.82) is 0 Å². The summed E-state index contributed by atoms with van der Waals surface area (Å²) >= 11 is 3.38. The average molecular weight is 250 g/mol. The Morgan fingerprint density at radius 2 is 2.00 bits per heavy atom. The summed E-state index contributed by atoms with van der Waals surface area (Å²) in [5.41, 5.74) is 0. The predicted molar refractivity (Wildman–Crippen MR) is 60.0 cm³/mol. The summed E-state index contributed by atoms with van der Waals surface area (Å²) in [7, 11) is 0. The van der Waals surface area contributed by atoms with E-state index in [2.05, 4.69) is 42.0 Å². The number of alkyl halides is 1. The zero-order valence-corrected chi connectivity index (χ0v) is 10.4. The highest BCUT2D eigenvalue weighted by Crippen LogP contribution is 2.03. The van der Waals surface area contributed by atoms with Gasteiger partial charge in [-0.1, -0.05) is 36.7 Å². The molecule has 0 heterocycles. The Labute approximate surface area is 89.6 Å². The zero-order valence-electron chi connectivity index (χ0n) is 8.77. The van der Waals surface area contributed by atoms with E-state index in [0.29, 0.717) is 18.3 Å². The number of carbonyl (C=O) groups excluding carboxylic acids is 1. The van der Waals surface area contributed by atoms with Gasteiger partial charge in [0.15, 0.2) is 0 Å². The SMILES string of the molecule is CC(C)CC(=O)NCC(C)CCBr. The Bertz CT molecular complexity index is 148. The van der Waals surface area contributed by atoms with Crippen molar-refractivity contribution in [2.45, 2.75) is 33.6 Å². The van der Waals surface area contributed by atoms with Crippen molar-refractivity contribution in [2.75, 3.05) is 11.9 Å². The number of hydrogen-bond acceptors (Lipinski definition) is 1. The minimum absolute atomic E-state index is 0.177. The molecule has 0 aromatic heterocycles. The van der Waals surface area contributed by atoms with Gasteiger partial charge in [-0.25, -0.2) is 0 Å². The lowest BCUT2D eigenvalue weighted by Gasteiger charge is -2.11. The first kappa shape index (κ1) is 12.9. The summed E-state index contributed by atoms with van der Waals surface area (Å²) in [6.45, 7) is 7.07. The van der Waals surface area contributed by atoms with Crippen molar-refractivity contribution in [1.82, 2.24) is 5.32 Å². The van der Waals surface area contributed by atoms with Crippen LogP contribution in [-0.4, -0.2) is 17.8 Å². The number of nitrogens with one attached hydrogen (secondary N) is 1. The highest BCUT2D eigenvalue weighted by atomic mass is 79.9. The zero-order chi connectivity index (χ0) is 10.3. The van der Waals surface area contributed by atoms with Gasteiger partial charge in [-0.05, 0) is 18.3 Å². The fourth-order valence-corrected chi connectivity index (χ4v) is 1.80. The maximum Gasteiger partial charge on any atom is 0.220 e. The van der Waals surface area contributed by atoms with Crippen molar-refractivity contribution in [3.63, 3.8) is 0 Å². The van der Waals surface area contributed by atoms with Gasteiger partial charge < -0.3 is 5.32 Å². The second-order valence-electron chi connectivity index (χ2n) is 3.98. The lowest BCUT2D eigenvalue weighted by Crippen LogP contribution is -2.29. The van der Waals surface area contributed by atoms with Crippen LogP contribution in [0.3, 0.4) is 0 Å². The molecule has 0 bridgehead atoms. The van der Waals surface area contributed by atoms with E-state index >= 15 is 0 Å². The summed E-state index contributed by atoms with van der Waals surface area (Å²) in [4.78, 5) is 11.2. The molecule has 0 saturated carbocycles. The topological polar surface area (TPSA) is 29.1 Å². The average Bonchev–Trinajstić information content (AvgIpc) is 2.00. The number of carbonyl (C=O) groups is 1. The third kappa shape index (κ3) is 8.28. The molecule has 13 heavy (non-hydrogen) atoms. The van der Waals surface area contributed by atoms with Gasteiger partial charge in [0.05, 0.1) is 0 Å². The molecule has 0 radical (unpaired) electrons. The van der Waals surface area contributed by atoms with E-state index in [1.165, 1.54) is 0 Å². The van der Waals surface area contributed by atoms with Gasteiger partial charge in [-0.3, -0.25) is 4.79 Å². The quantitative estimate of drug-likeness (QED) is 0.721. The van der Waals surface area contributed by atoms with Crippen molar-refractivity contribution in [2.24, 2.45) is 11.8 Å². The Morgan fingerprint density at radius 3 is 2.46 bits per heavy atom. The first-order valence-corrected chi connectivity index (χ1v) is 6.01. The maximum atomic E-state index is 11.2. The Morgan fingerprint density at radius 1 is 1.38 bits per heavy atom. The van der Waals surface area contributed by atoms with Crippen molar-refractivity contribution >= 4 is 21.8 Å². The van der Waals surface area contributed by atoms with Gasteiger partial charge in [0.25, 0.3) is 0 Å². The molecule has 1 atom stereocenters. The molecule has 0 rings (SSSR count). The number of hydrogen-bond donors (Lipinski definition) is 1. The smallest absolute Gasteiger partial charge is 0.220 e. The maximum absolute atomic E-state index is 11.2. The van der Waals surface area contributed by atoms with Crippen LogP contribution in [0.1, 0.15) is 33.6 Å². The second-order valence-corrected chi connectivity index (χ2v) is 4.78. The highest BCUT2D eigenvalue weighted by Gasteiger charge is 2.06. The summed E-state index contributed by atoms with van der Waals surface area (Å²) in [5, 5.41) is 3.95. The molecule has 0 aliphatic carbocycles. The molecule has 0 spiro atoms. The minimum Gasteiger partial charge on any atom is -0.356 e. The van der Waals surface area contributed by atoms with Crippen LogP contribution >= 0.6 is 15.9 Å². The van der Waals surface area contributed by atoms with Gasteiger partial charge in [0, 0.05) is 18.3 Å². The fraction of sp³-hybridized carbons (Fsp3) is 0.900. The van der Waals surface area contributed by atoms with Gasteiger partial charge in [0.1, 0.15) is 0 Å². The number of rotatable bonds is 6. The van der Waals surface area contributed by atoms with Gasteiger partial charge >= 0.3 is 0 Å². The first-order chi connectivity index (χ1) is 6.06. The molecule has 0 aliphatic rings. The van der Waals surface area contributed by atoms with Crippen LogP contribution < -0.4 is 5.32 Å². The Balaban J connectivity index is 3.46. The van der Waals surface area contributed by atoms with Crippen molar-refractivity contribution in [3.8, 4) is 0 Å². The normalized spacial score (nSPS) is 13.0. The van der Waals surface area contributed by atoms with Gasteiger partial charge in [-0.15, -0.1) is 0 Å². The van der Waals surface area contributed by atoms with Crippen LogP contribution in [0.15, 0.2) is 0 Å². The lowest BCUT2D eigenvalue weighted by atomic mass is 10.1. The van der Waals surface area contributed by atoms with Crippen LogP contribution in [0.25, 0.3) is 0 Å². The van der Waals surface area contributed by atoms with E-state index in [1.807, 2.05) is 0 Å². The summed E-state index contributed by atoms with van der Waals surface area (Å²) in [6, 6.07) is 0. The van der Waals surface area contributed by atoms with Crippen LogP contribution in [0.4, 0.5) is 0 Å². The Hall–Kier alpha value is -0.0500. The molecule has 1 N–H and O–H groups in total. The molecule has 1 amide bonds. The van der Waals surface area contributed by atoms with Crippen LogP contribution in [0.5, 0.6) is 0 Å². The van der Waals surface area contributed by atoms with Crippen LogP contribution in [0, 0.1) is 11.8 Å². The third-order valence-corrected chi connectivity index (χ3v) is 2.30. The molecular weight excluding hydrogens is 230 g/mol. The second kappa shape index (κ2) is 7.36. The van der Waals surface area contributed by atoms with Crippen molar-refractivity contribution < 1.29 is 4.79 Å². The van der Waals surface area contributed by atoms with Gasteiger partial charge in [0.2, 0.25) is 5.91 Å². The molecule has 2 nitrogen and oxygen atoms in total. The van der Waals surface area contributed by atoms with Crippen molar-refractivity contribution in [3.05, 3.63) is 0 Å². The molecule has 0 aliphatic heterocycles. The number of amides is 1. The standard InChI is InChI=1S/C10H20BrNO/c1-8(2)6-10(13)12-7-9(3)4-5-11/h8-9H,4-7H2,1-3H3,(H,12,13). The predicted octanol–water partition coefficient (Wildman–Crippen LogP) is 2.57. The molecule has 78 valence electrons. The number of halogens is 1.